The molecule has 3 nitrogen and oxygen atoms in total. The second-order valence-corrected chi connectivity index (χ2v) is 7.27. The zero-order valence-corrected chi connectivity index (χ0v) is 13.8. The Kier molecular flexibility index (Phi) is 4.90. The summed E-state index contributed by atoms with van der Waals surface area (Å²) in [5.74, 6) is 1.63. The Hall–Kier alpha value is -0.830. The highest BCUT2D eigenvalue weighted by atomic mass is 35.5. The molecule has 20 heavy (non-hydrogen) atoms. The Balaban J connectivity index is 1.96. The van der Waals surface area contributed by atoms with Gasteiger partial charge in [0.2, 0.25) is 0 Å². The fourth-order valence-corrected chi connectivity index (χ4v) is 3.34. The number of hydrogen-bond acceptors (Lipinski definition) is 3. The molecule has 0 radical (unpaired) electrons. The van der Waals surface area contributed by atoms with Crippen molar-refractivity contribution >= 4 is 17.4 Å². The molecule has 1 aliphatic carbocycles. The van der Waals surface area contributed by atoms with Crippen LogP contribution >= 0.6 is 11.6 Å². The second-order valence-electron chi connectivity index (χ2n) is 6.90. The van der Waals surface area contributed by atoms with Crippen molar-refractivity contribution in [2.75, 3.05) is 5.32 Å². The third-order valence-corrected chi connectivity index (χ3v) is 4.89. The number of halogens is 1. The smallest absolute Gasteiger partial charge is 0.148 e. The first-order valence-electron chi connectivity index (χ1n) is 7.67. The Bertz CT molecular complexity index is 446. The minimum absolute atomic E-state index is 0.424. The second kappa shape index (κ2) is 6.30. The van der Waals surface area contributed by atoms with E-state index in [-0.39, 0.29) is 0 Å². The van der Waals surface area contributed by atoms with Crippen LogP contribution in [0.25, 0.3) is 0 Å². The van der Waals surface area contributed by atoms with Crippen molar-refractivity contribution in [3.05, 3.63) is 17.0 Å². The van der Waals surface area contributed by atoms with Gasteiger partial charge in [-0.15, -0.1) is 0 Å². The van der Waals surface area contributed by atoms with Gasteiger partial charge in [0.15, 0.2) is 0 Å². The predicted octanol–water partition coefficient (Wildman–Crippen LogP) is 4.71. The highest BCUT2D eigenvalue weighted by Crippen LogP contribution is 2.38. The van der Waals surface area contributed by atoms with E-state index in [1.807, 2.05) is 0 Å². The number of anilines is 1. The van der Waals surface area contributed by atoms with Gasteiger partial charge in [0, 0.05) is 6.04 Å². The minimum atomic E-state index is 0.424. The van der Waals surface area contributed by atoms with Crippen LogP contribution in [0.3, 0.4) is 0 Å². The highest BCUT2D eigenvalue weighted by molar-refractivity contribution is 6.33. The largest absolute Gasteiger partial charge is 0.366 e. The monoisotopic (exact) mass is 295 g/mol. The van der Waals surface area contributed by atoms with Gasteiger partial charge in [-0.1, -0.05) is 39.3 Å². The maximum absolute atomic E-state index is 6.34. The lowest BCUT2D eigenvalue weighted by Crippen LogP contribution is -2.31. The number of aryl methyl sites for hydroxylation is 1. The third-order valence-electron chi connectivity index (χ3n) is 4.49. The molecule has 1 heterocycles. The number of hydrogen-bond donors (Lipinski definition) is 1. The first kappa shape index (κ1) is 15.6. The average molecular weight is 296 g/mol. The van der Waals surface area contributed by atoms with E-state index in [0.717, 1.165) is 23.9 Å². The van der Waals surface area contributed by atoms with Gasteiger partial charge in [-0.05, 0) is 43.4 Å². The molecular formula is C16H26ClN3. The molecule has 4 heteroatoms. The SMILES string of the molecule is CCc1ncnc(NC2CCC(C(C)(C)C)CC2)c1Cl. The van der Waals surface area contributed by atoms with E-state index in [4.69, 9.17) is 11.6 Å². The van der Waals surface area contributed by atoms with Crippen LogP contribution in [0.2, 0.25) is 5.02 Å². The topological polar surface area (TPSA) is 37.8 Å². The summed E-state index contributed by atoms with van der Waals surface area (Å²) in [7, 11) is 0. The Morgan fingerprint density at radius 1 is 1.20 bits per heavy atom. The first-order valence-corrected chi connectivity index (χ1v) is 8.05. The normalized spacial score (nSPS) is 23.6. The molecule has 1 aliphatic rings. The lowest BCUT2D eigenvalue weighted by atomic mass is 9.71. The van der Waals surface area contributed by atoms with E-state index in [1.54, 1.807) is 6.33 Å². The van der Waals surface area contributed by atoms with Crippen molar-refractivity contribution < 1.29 is 0 Å². The number of rotatable bonds is 3. The number of aromatic nitrogens is 2. The highest BCUT2D eigenvalue weighted by Gasteiger charge is 2.29. The van der Waals surface area contributed by atoms with Crippen LogP contribution in [-0.2, 0) is 6.42 Å². The van der Waals surface area contributed by atoms with Crippen LogP contribution in [0.15, 0.2) is 6.33 Å². The van der Waals surface area contributed by atoms with Crippen molar-refractivity contribution in [2.45, 2.75) is 65.8 Å². The van der Waals surface area contributed by atoms with Gasteiger partial charge >= 0.3 is 0 Å². The van der Waals surface area contributed by atoms with E-state index < -0.39 is 0 Å². The van der Waals surface area contributed by atoms with E-state index >= 15 is 0 Å². The fraction of sp³-hybridized carbons (Fsp3) is 0.750. The summed E-state index contributed by atoms with van der Waals surface area (Å²) in [6.07, 6.45) is 7.41. The Labute approximate surface area is 127 Å². The quantitative estimate of drug-likeness (QED) is 0.877. The van der Waals surface area contributed by atoms with Gasteiger partial charge < -0.3 is 5.32 Å². The molecule has 0 bridgehead atoms. The van der Waals surface area contributed by atoms with E-state index in [0.29, 0.717) is 16.5 Å². The van der Waals surface area contributed by atoms with Crippen LogP contribution in [0.5, 0.6) is 0 Å². The van der Waals surface area contributed by atoms with E-state index in [9.17, 15) is 0 Å². The summed E-state index contributed by atoms with van der Waals surface area (Å²) in [6.45, 7) is 9.10. The zero-order valence-electron chi connectivity index (χ0n) is 13.0. The van der Waals surface area contributed by atoms with Gasteiger partial charge in [0.1, 0.15) is 17.2 Å². The number of nitrogens with one attached hydrogen (secondary N) is 1. The average Bonchev–Trinajstić information content (AvgIpc) is 2.41. The molecule has 0 unspecified atom stereocenters. The molecule has 1 saturated carbocycles. The number of nitrogens with zero attached hydrogens (tertiary/aromatic N) is 2. The summed E-state index contributed by atoms with van der Waals surface area (Å²) >= 11 is 6.34. The van der Waals surface area contributed by atoms with Gasteiger partial charge in [0.25, 0.3) is 0 Å². The molecule has 2 rings (SSSR count). The van der Waals surface area contributed by atoms with Crippen molar-refractivity contribution in [3.8, 4) is 0 Å². The molecule has 0 spiro atoms. The van der Waals surface area contributed by atoms with Crippen LogP contribution in [-0.4, -0.2) is 16.0 Å². The summed E-state index contributed by atoms with van der Waals surface area (Å²) < 4.78 is 0. The molecular weight excluding hydrogens is 270 g/mol. The molecule has 112 valence electrons. The van der Waals surface area contributed by atoms with Crippen LogP contribution in [0, 0.1) is 11.3 Å². The van der Waals surface area contributed by atoms with Crippen molar-refractivity contribution in [1.82, 2.24) is 9.97 Å². The van der Waals surface area contributed by atoms with Gasteiger partial charge in [-0.2, -0.15) is 0 Å². The van der Waals surface area contributed by atoms with E-state index in [2.05, 4.69) is 43.0 Å². The molecule has 1 aromatic rings. The van der Waals surface area contributed by atoms with Crippen molar-refractivity contribution in [3.63, 3.8) is 0 Å². The van der Waals surface area contributed by atoms with Crippen molar-refractivity contribution in [2.24, 2.45) is 11.3 Å². The fourth-order valence-electron chi connectivity index (χ4n) is 3.05. The Morgan fingerprint density at radius 2 is 1.85 bits per heavy atom. The first-order chi connectivity index (χ1) is 9.41. The van der Waals surface area contributed by atoms with E-state index in [1.165, 1.54) is 25.7 Å². The molecule has 1 N–H and O–H groups in total. The lowest BCUT2D eigenvalue weighted by molar-refractivity contribution is 0.173. The molecule has 0 amide bonds. The van der Waals surface area contributed by atoms with Crippen LogP contribution in [0.1, 0.15) is 59.1 Å². The maximum Gasteiger partial charge on any atom is 0.148 e. The molecule has 0 aliphatic heterocycles. The lowest BCUT2D eigenvalue weighted by Gasteiger charge is -2.37. The summed E-state index contributed by atoms with van der Waals surface area (Å²) in [5, 5.41) is 4.20. The molecule has 1 fully saturated rings. The predicted molar refractivity (Wildman–Crippen MR) is 85.2 cm³/mol. The third kappa shape index (κ3) is 3.63. The molecule has 0 saturated heterocycles. The van der Waals surface area contributed by atoms with Crippen molar-refractivity contribution in [1.29, 1.82) is 0 Å². The zero-order chi connectivity index (χ0) is 14.8. The minimum Gasteiger partial charge on any atom is -0.366 e. The summed E-state index contributed by atoms with van der Waals surface area (Å²) in [6, 6.07) is 0.491. The van der Waals surface area contributed by atoms with Gasteiger partial charge in [-0.25, -0.2) is 9.97 Å². The molecule has 1 aromatic heterocycles. The van der Waals surface area contributed by atoms with Crippen LogP contribution in [0.4, 0.5) is 5.82 Å². The Morgan fingerprint density at radius 3 is 2.40 bits per heavy atom. The standard InChI is InChI=1S/C16H26ClN3/c1-5-13-14(17)15(19-10-18-13)20-12-8-6-11(7-9-12)16(2,3)4/h10-12H,5-9H2,1-4H3,(H,18,19,20). The summed E-state index contributed by atoms with van der Waals surface area (Å²) in [5.41, 5.74) is 1.35. The molecule has 0 atom stereocenters. The van der Waals surface area contributed by atoms with Gasteiger partial charge in [-0.3, -0.25) is 0 Å². The maximum atomic E-state index is 6.34. The summed E-state index contributed by atoms with van der Waals surface area (Å²) in [4.78, 5) is 8.51. The molecule has 0 aromatic carbocycles. The van der Waals surface area contributed by atoms with Crippen LogP contribution < -0.4 is 5.32 Å². The van der Waals surface area contributed by atoms with Gasteiger partial charge in [0.05, 0.1) is 5.69 Å².